The van der Waals surface area contributed by atoms with Crippen molar-refractivity contribution >= 4 is 0 Å². The van der Waals surface area contributed by atoms with E-state index in [9.17, 15) is 0 Å². The first kappa shape index (κ1) is 16.8. The molecule has 0 spiro atoms. The molecule has 0 aliphatic carbocycles. The van der Waals surface area contributed by atoms with Gasteiger partial charge in [0.2, 0.25) is 0 Å². The summed E-state index contributed by atoms with van der Waals surface area (Å²) >= 11 is 0. The summed E-state index contributed by atoms with van der Waals surface area (Å²) < 4.78 is 0. The van der Waals surface area contributed by atoms with Gasteiger partial charge in [-0.25, -0.2) is 0 Å². The van der Waals surface area contributed by atoms with Crippen LogP contribution in [0.5, 0.6) is 0 Å². The fourth-order valence-corrected chi connectivity index (χ4v) is 2.84. The Hall–Kier alpha value is -1.60. The van der Waals surface area contributed by atoms with Gasteiger partial charge in [-0.1, -0.05) is 93.3 Å². The third-order valence-electron chi connectivity index (χ3n) is 4.08. The minimum absolute atomic E-state index is 1.05. The Kier molecular flexibility index (Phi) is 7.76. The van der Waals surface area contributed by atoms with E-state index < -0.39 is 0 Å². The molecule has 0 saturated heterocycles. The lowest BCUT2D eigenvalue weighted by Gasteiger charge is -2.22. The Labute approximate surface area is 136 Å². The minimum Gasteiger partial charge on any atom is -0.295 e. The molecule has 1 heteroatoms. The van der Waals surface area contributed by atoms with Gasteiger partial charge in [-0.05, 0) is 24.1 Å². The van der Waals surface area contributed by atoms with Crippen LogP contribution in [0.1, 0.15) is 50.2 Å². The van der Waals surface area contributed by atoms with E-state index in [1.54, 1.807) is 0 Å². The maximum absolute atomic E-state index is 2.58. The van der Waals surface area contributed by atoms with Crippen molar-refractivity contribution in [2.45, 2.75) is 52.1 Å². The van der Waals surface area contributed by atoms with Crippen LogP contribution in [0.3, 0.4) is 0 Å². The lowest BCUT2D eigenvalue weighted by molar-refractivity contribution is 0.250. The van der Waals surface area contributed by atoms with Crippen molar-refractivity contribution in [1.29, 1.82) is 0 Å². The first-order valence-corrected chi connectivity index (χ1v) is 8.68. The second-order valence-electron chi connectivity index (χ2n) is 6.10. The standard InChI is InChI=1S/C21H29N/c1-2-3-4-5-12-17-22(18-20-13-8-6-9-14-20)19-21-15-10-7-11-16-21/h6-11,13-16H,2-5,12,17-19H2,1H3. The molecule has 0 aliphatic heterocycles. The van der Waals surface area contributed by atoms with Crippen LogP contribution in [0.15, 0.2) is 60.7 Å². The summed E-state index contributed by atoms with van der Waals surface area (Å²) in [6.07, 6.45) is 6.73. The van der Waals surface area contributed by atoms with Crippen LogP contribution in [-0.2, 0) is 13.1 Å². The highest BCUT2D eigenvalue weighted by Gasteiger charge is 2.07. The van der Waals surface area contributed by atoms with Crippen LogP contribution in [0.25, 0.3) is 0 Å². The third kappa shape index (κ3) is 6.44. The number of benzene rings is 2. The summed E-state index contributed by atoms with van der Waals surface area (Å²) in [5.41, 5.74) is 2.82. The van der Waals surface area contributed by atoms with E-state index in [1.807, 2.05) is 0 Å². The first-order valence-electron chi connectivity index (χ1n) is 8.68. The molecule has 2 aromatic rings. The second-order valence-corrected chi connectivity index (χ2v) is 6.10. The van der Waals surface area contributed by atoms with E-state index in [1.165, 1.54) is 49.8 Å². The summed E-state index contributed by atoms with van der Waals surface area (Å²) in [5.74, 6) is 0. The maximum Gasteiger partial charge on any atom is 0.0237 e. The summed E-state index contributed by atoms with van der Waals surface area (Å²) in [4.78, 5) is 2.58. The van der Waals surface area contributed by atoms with Crippen molar-refractivity contribution in [1.82, 2.24) is 4.90 Å². The average molecular weight is 295 g/mol. The van der Waals surface area contributed by atoms with Crippen LogP contribution >= 0.6 is 0 Å². The Morgan fingerprint density at radius 2 is 1.14 bits per heavy atom. The monoisotopic (exact) mass is 295 g/mol. The summed E-state index contributed by atoms with van der Waals surface area (Å²) in [6.45, 7) is 5.55. The molecule has 2 aromatic carbocycles. The smallest absolute Gasteiger partial charge is 0.0237 e. The van der Waals surface area contributed by atoms with E-state index in [-0.39, 0.29) is 0 Å². The van der Waals surface area contributed by atoms with Crippen molar-refractivity contribution in [3.05, 3.63) is 71.8 Å². The van der Waals surface area contributed by atoms with Crippen LogP contribution in [0, 0.1) is 0 Å². The topological polar surface area (TPSA) is 3.24 Å². The number of nitrogens with zero attached hydrogens (tertiary/aromatic N) is 1. The zero-order chi connectivity index (χ0) is 15.5. The molecular formula is C21H29N. The Bertz CT molecular complexity index is 450. The van der Waals surface area contributed by atoms with Crippen molar-refractivity contribution < 1.29 is 0 Å². The number of hydrogen-bond donors (Lipinski definition) is 0. The first-order chi connectivity index (χ1) is 10.9. The molecule has 2 rings (SSSR count). The van der Waals surface area contributed by atoms with Gasteiger partial charge in [0.15, 0.2) is 0 Å². The molecule has 0 bridgehead atoms. The van der Waals surface area contributed by atoms with Gasteiger partial charge < -0.3 is 0 Å². The molecule has 0 saturated carbocycles. The van der Waals surface area contributed by atoms with E-state index >= 15 is 0 Å². The minimum atomic E-state index is 1.05. The molecule has 0 aromatic heterocycles. The van der Waals surface area contributed by atoms with E-state index in [0.717, 1.165) is 13.1 Å². The van der Waals surface area contributed by atoms with E-state index in [2.05, 4.69) is 72.5 Å². The maximum atomic E-state index is 2.58. The third-order valence-corrected chi connectivity index (χ3v) is 4.08. The predicted molar refractivity (Wildman–Crippen MR) is 95.8 cm³/mol. The summed E-state index contributed by atoms with van der Waals surface area (Å²) in [5, 5.41) is 0. The Morgan fingerprint density at radius 1 is 0.636 bits per heavy atom. The molecule has 1 nitrogen and oxygen atoms in total. The fourth-order valence-electron chi connectivity index (χ4n) is 2.84. The van der Waals surface area contributed by atoms with Gasteiger partial charge in [0, 0.05) is 13.1 Å². The molecular weight excluding hydrogens is 266 g/mol. The van der Waals surface area contributed by atoms with Gasteiger partial charge in [-0.15, -0.1) is 0 Å². The molecule has 22 heavy (non-hydrogen) atoms. The number of rotatable bonds is 10. The number of unbranched alkanes of at least 4 members (excludes halogenated alkanes) is 4. The van der Waals surface area contributed by atoms with Gasteiger partial charge in [0.1, 0.15) is 0 Å². The van der Waals surface area contributed by atoms with Gasteiger partial charge in [-0.3, -0.25) is 4.90 Å². The van der Waals surface area contributed by atoms with Crippen LogP contribution in [0.4, 0.5) is 0 Å². The summed E-state index contributed by atoms with van der Waals surface area (Å²) in [7, 11) is 0. The van der Waals surface area contributed by atoms with Gasteiger partial charge in [-0.2, -0.15) is 0 Å². The number of hydrogen-bond acceptors (Lipinski definition) is 1. The van der Waals surface area contributed by atoms with Crippen LogP contribution < -0.4 is 0 Å². The zero-order valence-corrected chi connectivity index (χ0v) is 13.9. The van der Waals surface area contributed by atoms with Crippen molar-refractivity contribution in [2.24, 2.45) is 0 Å². The molecule has 0 aliphatic rings. The molecule has 0 fully saturated rings. The van der Waals surface area contributed by atoms with Crippen molar-refractivity contribution in [3.63, 3.8) is 0 Å². The predicted octanol–water partition coefficient (Wildman–Crippen LogP) is 5.66. The van der Waals surface area contributed by atoms with Gasteiger partial charge in [0.25, 0.3) is 0 Å². The molecule has 0 amide bonds. The SMILES string of the molecule is CCCCCCCN(Cc1ccccc1)Cc1ccccc1. The van der Waals surface area contributed by atoms with Gasteiger partial charge >= 0.3 is 0 Å². The lowest BCUT2D eigenvalue weighted by atomic mass is 10.1. The fraction of sp³-hybridized carbons (Fsp3) is 0.429. The highest BCUT2D eigenvalue weighted by Crippen LogP contribution is 2.12. The van der Waals surface area contributed by atoms with Crippen LogP contribution in [0.2, 0.25) is 0 Å². The molecule has 0 atom stereocenters. The second kappa shape index (κ2) is 10.2. The van der Waals surface area contributed by atoms with Crippen LogP contribution in [-0.4, -0.2) is 11.4 Å². The highest BCUT2D eigenvalue weighted by atomic mass is 15.1. The average Bonchev–Trinajstić information content (AvgIpc) is 2.56. The molecule has 118 valence electrons. The van der Waals surface area contributed by atoms with Gasteiger partial charge in [0.05, 0.1) is 0 Å². The van der Waals surface area contributed by atoms with E-state index in [0.29, 0.717) is 0 Å². The largest absolute Gasteiger partial charge is 0.295 e. The quantitative estimate of drug-likeness (QED) is 0.511. The molecule has 0 heterocycles. The normalized spacial score (nSPS) is 11.0. The van der Waals surface area contributed by atoms with Crippen molar-refractivity contribution in [2.75, 3.05) is 6.54 Å². The lowest BCUT2D eigenvalue weighted by Crippen LogP contribution is -2.24. The Morgan fingerprint density at radius 3 is 1.64 bits per heavy atom. The van der Waals surface area contributed by atoms with E-state index in [4.69, 9.17) is 0 Å². The molecule has 0 unspecified atom stereocenters. The zero-order valence-electron chi connectivity index (χ0n) is 13.9. The van der Waals surface area contributed by atoms with Crippen molar-refractivity contribution in [3.8, 4) is 0 Å². The Balaban J connectivity index is 1.88. The highest BCUT2D eigenvalue weighted by molar-refractivity contribution is 5.17. The molecule has 0 radical (unpaired) electrons. The molecule has 0 N–H and O–H groups in total. The summed E-state index contributed by atoms with van der Waals surface area (Å²) in [6, 6.07) is 21.7.